The summed E-state index contributed by atoms with van der Waals surface area (Å²) in [6, 6.07) is 14.9. The first kappa shape index (κ1) is 11.7. The summed E-state index contributed by atoms with van der Waals surface area (Å²) in [6.45, 7) is 0.805. The van der Waals surface area contributed by atoms with E-state index in [-0.39, 0.29) is 0 Å². The number of benzene rings is 2. The van der Waals surface area contributed by atoms with Crippen LogP contribution in [-0.4, -0.2) is 17.0 Å². The molecule has 19 heavy (non-hydrogen) atoms. The Labute approximate surface area is 112 Å². The summed E-state index contributed by atoms with van der Waals surface area (Å²) in [6.07, 6.45) is 5.26. The molecule has 1 aromatic heterocycles. The van der Waals surface area contributed by atoms with E-state index >= 15 is 0 Å². The van der Waals surface area contributed by atoms with Crippen LogP contribution in [0.3, 0.4) is 0 Å². The van der Waals surface area contributed by atoms with Gasteiger partial charge in [-0.25, -0.2) is 9.97 Å². The minimum Gasteiger partial charge on any atom is -0.370 e. The van der Waals surface area contributed by atoms with Crippen LogP contribution in [0.25, 0.3) is 10.8 Å². The lowest BCUT2D eigenvalue weighted by molar-refractivity contribution is 0.903. The van der Waals surface area contributed by atoms with Gasteiger partial charge in [0.2, 0.25) is 0 Å². The van der Waals surface area contributed by atoms with Gasteiger partial charge >= 0.3 is 0 Å². The van der Waals surface area contributed by atoms with Gasteiger partial charge in [0, 0.05) is 37.2 Å². The fourth-order valence-corrected chi connectivity index (χ4v) is 2.19. The smallest absolute Gasteiger partial charge is 0.115 e. The predicted molar refractivity (Wildman–Crippen MR) is 78.1 cm³/mol. The summed E-state index contributed by atoms with van der Waals surface area (Å²) in [4.78, 5) is 10.3. The molecular formula is C16H15N3. The number of rotatable bonds is 3. The number of hydrogen-bond donors (Lipinski definition) is 0. The molecular weight excluding hydrogens is 234 g/mol. The number of nitrogens with zero attached hydrogens (tertiary/aromatic N) is 3. The average Bonchev–Trinajstić information content (AvgIpc) is 2.48. The first-order chi connectivity index (χ1) is 9.33. The van der Waals surface area contributed by atoms with Crippen LogP contribution in [0.1, 0.15) is 5.56 Å². The van der Waals surface area contributed by atoms with Crippen LogP contribution >= 0.6 is 0 Å². The molecule has 0 N–H and O–H groups in total. The van der Waals surface area contributed by atoms with E-state index in [0.717, 1.165) is 12.1 Å². The minimum atomic E-state index is 0.805. The topological polar surface area (TPSA) is 29.0 Å². The number of aromatic nitrogens is 2. The lowest BCUT2D eigenvalue weighted by Gasteiger charge is -2.19. The molecule has 0 bridgehead atoms. The molecule has 3 rings (SSSR count). The van der Waals surface area contributed by atoms with Crippen LogP contribution in [0, 0.1) is 0 Å². The largest absolute Gasteiger partial charge is 0.370 e. The van der Waals surface area contributed by atoms with E-state index < -0.39 is 0 Å². The van der Waals surface area contributed by atoms with Crippen molar-refractivity contribution < 1.29 is 0 Å². The zero-order valence-corrected chi connectivity index (χ0v) is 10.8. The van der Waals surface area contributed by atoms with Crippen molar-refractivity contribution in [2.75, 3.05) is 11.9 Å². The Morgan fingerprint density at radius 3 is 2.47 bits per heavy atom. The molecule has 3 heteroatoms. The molecule has 0 fully saturated rings. The van der Waals surface area contributed by atoms with Crippen molar-refractivity contribution >= 4 is 16.5 Å². The first-order valence-corrected chi connectivity index (χ1v) is 6.27. The van der Waals surface area contributed by atoms with E-state index in [4.69, 9.17) is 0 Å². The summed E-state index contributed by atoms with van der Waals surface area (Å²) in [5, 5.41) is 2.53. The van der Waals surface area contributed by atoms with Crippen LogP contribution in [-0.2, 0) is 6.54 Å². The molecule has 0 unspecified atom stereocenters. The Balaban J connectivity index is 1.87. The quantitative estimate of drug-likeness (QED) is 0.713. The molecule has 0 spiro atoms. The van der Waals surface area contributed by atoms with Crippen molar-refractivity contribution in [3.8, 4) is 0 Å². The van der Waals surface area contributed by atoms with Gasteiger partial charge < -0.3 is 4.90 Å². The maximum atomic E-state index is 4.04. The van der Waals surface area contributed by atoms with Gasteiger partial charge in [-0.3, -0.25) is 0 Å². The van der Waals surface area contributed by atoms with E-state index in [1.807, 2.05) is 12.4 Å². The number of anilines is 1. The molecule has 0 aliphatic heterocycles. The highest BCUT2D eigenvalue weighted by Crippen LogP contribution is 2.22. The summed E-state index contributed by atoms with van der Waals surface area (Å²) in [7, 11) is 2.08. The fraction of sp³-hybridized carbons (Fsp3) is 0.125. The SMILES string of the molecule is CN(Cc1cncnc1)c1ccc2ccccc2c1. The predicted octanol–water partition coefficient (Wildman–Crippen LogP) is 3.27. The van der Waals surface area contributed by atoms with Gasteiger partial charge in [0.1, 0.15) is 6.33 Å². The number of fused-ring (bicyclic) bond motifs is 1. The Morgan fingerprint density at radius 1 is 0.947 bits per heavy atom. The average molecular weight is 249 g/mol. The first-order valence-electron chi connectivity index (χ1n) is 6.27. The maximum Gasteiger partial charge on any atom is 0.115 e. The molecule has 3 nitrogen and oxygen atoms in total. The van der Waals surface area contributed by atoms with Crippen molar-refractivity contribution in [1.82, 2.24) is 9.97 Å². The molecule has 0 saturated carbocycles. The highest BCUT2D eigenvalue weighted by atomic mass is 15.1. The van der Waals surface area contributed by atoms with Gasteiger partial charge in [-0.1, -0.05) is 30.3 Å². The summed E-state index contributed by atoms with van der Waals surface area (Å²) >= 11 is 0. The van der Waals surface area contributed by atoms with Gasteiger partial charge in [0.15, 0.2) is 0 Å². The van der Waals surface area contributed by atoms with E-state index in [9.17, 15) is 0 Å². The van der Waals surface area contributed by atoms with Gasteiger partial charge in [0.05, 0.1) is 0 Å². The zero-order valence-electron chi connectivity index (χ0n) is 10.8. The Kier molecular flexibility index (Phi) is 3.11. The van der Waals surface area contributed by atoms with E-state index in [1.54, 1.807) is 6.33 Å². The van der Waals surface area contributed by atoms with Crippen molar-refractivity contribution in [2.24, 2.45) is 0 Å². The third-order valence-corrected chi connectivity index (χ3v) is 3.21. The number of hydrogen-bond acceptors (Lipinski definition) is 3. The Bertz CT molecular complexity index is 680. The summed E-state index contributed by atoms with van der Waals surface area (Å²) < 4.78 is 0. The normalized spacial score (nSPS) is 10.6. The Hall–Kier alpha value is -2.42. The zero-order chi connectivity index (χ0) is 13.1. The minimum absolute atomic E-state index is 0.805. The van der Waals surface area contributed by atoms with Crippen molar-refractivity contribution in [1.29, 1.82) is 0 Å². The van der Waals surface area contributed by atoms with E-state index in [1.165, 1.54) is 16.5 Å². The lowest BCUT2D eigenvalue weighted by atomic mass is 10.1. The molecule has 3 aromatic rings. The molecule has 0 aliphatic rings. The van der Waals surface area contributed by atoms with Gasteiger partial charge in [-0.2, -0.15) is 0 Å². The third-order valence-electron chi connectivity index (χ3n) is 3.21. The summed E-state index contributed by atoms with van der Waals surface area (Å²) in [5.74, 6) is 0. The van der Waals surface area contributed by atoms with Crippen LogP contribution in [0.2, 0.25) is 0 Å². The van der Waals surface area contributed by atoms with Crippen molar-refractivity contribution in [2.45, 2.75) is 6.54 Å². The standard InChI is InChI=1S/C16H15N3/c1-19(11-13-9-17-12-18-10-13)16-7-6-14-4-2-3-5-15(14)8-16/h2-10,12H,11H2,1H3. The summed E-state index contributed by atoms with van der Waals surface area (Å²) in [5.41, 5.74) is 2.31. The fourth-order valence-electron chi connectivity index (χ4n) is 2.19. The third kappa shape index (κ3) is 2.55. The molecule has 0 aliphatic carbocycles. The molecule has 0 amide bonds. The molecule has 0 radical (unpaired) electrons. The molecule has 0 atom stereocenters. The van der Waals surface area contributed by atoms with Crippen LogP contribution in [0.4, 0.5) is 5.69 Å². The van der Waals surface area contributed by atoms with Crippen molar-refractivity contribution in [3.63, 3.8) is 0 Å². The molecule has 0 saturated heterocycles. The molecule has 94 valence electrons. The van der Waals surface area contributed by atoms with Gasteiger partial charge in [0.25, 0.3) is 0 Å². The molecule has 1 heterocycles. The highest BCUT2D eigenvalue weighted by Gasteiger charge is 2.03. The van der Waals surface area contributed by atoms with E-state index in [0.29, 0.717) is 0 Å². The maximum absolute atomic E-state index is 4.04. The van der Waals surface area contributed by atoms with Gasteiger partial charge in [-0.05, 0) is 22.9 Å². The van der Waals surface area contributed by atoms with Gasteiger partial charge in [-0.15, -0.1) is 0 Å². The lowest BCUT2D eigenvalue weighted by Crippen LogP contribution is -2.16. The second-order valence-corrected chi connectivity index (χ2v) is 4.63. The highest BCUT2D eigenvalue weighted by molar-refractivity contribution is 5.85. The molecule has 2 aromatic carbocycles. The Morgan fingerprint density at radius 2 is 1.68 bits per heavy atom. The van der Waals surface area contributed by atoms with Crippen molar-refractivity contribution in [3.05, 3.63) is 66.7 Å². The second kappa shape index (κ2) is 5.06. The van der Waals surface area contributed by atoms with Crippen LogP contribution in [0.15, 0.2) is 61.2 Å². The van der Waals surface area contributed by atoms with Crippen LogP contribution in [0.5, 0.6) is 0 Å². The monoisotopic (exact) mass is 249 g/mol. The van der Waals surface area contributed by atoms with Crippen LogP contribution < -0.4 is 4.90 Å². The second-order valence-electron chi connectivity index (χ2n) is 4.63. The van der Waals surface area contributed by atoms with E-state index in [2.05, 4.69) is 64.4 Å².